The van der Waals surface area contributed by atoms with E-state index in [-0.39, 0.29) is 0 Å². The van der Waals surface area contributed by atoms with Crippen molar-refractivity contribution in [3.8, 4) is 22.4 Å². The lowest BCUT2D eigenvalue weighted by atomic mass is 10.0. The Hall–Kier alpha value is -3.66. The zero-order chi connectivity index (χ0) is 19.2. The van der Waals surface area contributed by atoms with Gasteiger partial charge in [-0.05, 0) is 48.4 Å². The Labute approximate surface area is 165 Å². The number of benzene rings is 3. The molecule has 0 saturated heterocycles. The van der Waals surface area contributed by atoms with Crippen molar-refractivity contribution in [2.24, 2.45) is 0 Å². The second-order valence-corrected chi connectivity index (χ2v) is 6.47. The van der Waals surface area contributed by atoms with E-state index < -0.39 is 0 Å². The molecule has 4 aromatic rings. The summed E-state index contributed by atoms with van der Waals surface area (Å²) in [5, 5.41) is 6.65. The van der Waals surface area contributed by atoms with E-state index in [0.29, 0.717) is 0 Å². The van der Waals surface area contributed by atoms with Gasteiger partial charge in [0.1, 0.15) is 12.1 Å². The minimum atomic E-state index is 0.770. The van der Waals surface area contributed by atoms with Crippen molar-refractivity contribution in [2.45, 2.75) is 6.92 Å². The number of anilines is 3. The molecule has 3 aromatic carbocycles. The van der Waals surface area contributed by atoms with Gasteiger partial charge in [0.25, 0.3) is 0 Å². The van der Waals surface area contributed by atoms with Crippen molar-refractivity contribution >= 4 is 17.2 Å². The fourth-order valence-electron chi connectivity index (χ4n) is 3.10. The van der Waals surface area contributed by atoms with Crippen LogP contribution in [0.1, 0.15) is 6.92 Å². The first-order valence-corrected chi connectivity index (χ1v) is 9.41. The van der Waals surface area contributed by atoms with E-state index in [1.54, 1.807) is 6.33 Å². The van der Waals surface area contributed by atoms with Crippen LogP contribution in [0.15, 0.2) is 91.3 Å². The molecule has 0 spiro atoms. The molecule has 4 heteroatoms. The lowest BCUT2D eigenvalue weighted by molar-refractivity contribution is 1.17. The maximum Gasteiger partial charge on any atom is 0.134 e. The quantitative estimate of drug-likeness (QED) is 0.440. The molecule has 138 valence electrons. The van der Waals surface area contributed by atoms with Crippen LogP contribution >= 0.6 is 0 Å². The molecule has 4 nitrogen and oxygen atoms in total. The van der Waals surface area contributed by atoms with Crippen molar-refractivity contribution < 1.29 is 0 Å². The van der Waals surface area contributed by atoms with Crippen LogP contribution in [-0.2, 0) is 0 Å². The van der Waals surface area contributed by atoms with Gasteiger partial charge in [0, 0.05) is 29.5 Å². The van der Waals surface area contributed by atoms with E-state index >= 15 is 0 Å². The first kappa shape index (κ1) is 17.7. The summed E-state index contributed by atoms with van der Waals surface area (Å²) >= 11 is 0. The molecule has 28 heavy (non-hydrogen) atoms. The predicted octanol–water partition coefficient (Wildman–Crippen LogP) is 5.99. The van der Waals surface area contributed by atoms with Gasteiger partial charge >= 0.3 is 0 Å². The van der Waals surface area contributed by atoms with Crippen LogP contribution in [0.3, 0.4) is 0 Å². The third kappa shape index (κ3) is 4.18. The highest BCUT2D eigenvalue weighted by Crippen LogP contribution is 2.26. The average molecular weight is 366 g/mol. The Morgan fingerprint density at radius 1 is 0.679 bits per heavy atom. The van der Waals surface area contributed by atoms with Crippen LogP contribution in [0.4, 0.5) is 17.2 Å². The molecular weight excluding hydrogens is 344 g/mol. The Balaban J connectivity index is 1.57. The van der Waals surface area contributed by atoms with Crippen molar-refractivity contribution in [1.82, 2.24) is 9.97 Å². The zero-order valence-corrected chi connectivity index (χ0v) is 15.8. The molecule has 1 aromatic heterocycles. The number of nitrogens with zero attached hydrogens (tertiary/aromatic N) is 2. The summed E-state index contributed by atoms with van der Waals surface area (Å²) < 4.78 is 0. The molecule has 0 radical (unpaired) electrons. The van der Waals surface area contributed by atoms with Gasteiger partial charge < -0.3 is 10.6 Å². The molecule has 0 saturated carbocycles. The highest BCUT2D eigenvalue weighted by Gasteiger charge is 2.05. The topological polar surface area (TPSA) is 49.8 Å². The van der Waals surface area contributed by atoms with Crippen LogP contribution in [0.25, 0.3) is 22.4 Å². The molecule has 0 amide bonds. The first-order chi connectivity index (χ1) is 13.8. The number of hydrogen-bond donors (Lipinski definition) is 2. The molecule has 0 fully saturated rings. The van der Waals surface area contributed by atoms with E-state index in [2.05, 4.69) is 88.2 Å². The molecule has 0 bridgehead atoms. The molecule has 0 atom stereocenters. The van der Waals surface area contributed by atoms with Crippen LogP contribution in [-0.4, -0.2) is 16.5 Å². The van der Waals surface area contributed by atoms with Crippen molar-refractivity contribution in [1.29, 1.82) is 0 Å². The third-order valence-corrected chi connectivity index (χ3v) is 4.47. The second kappa shape index (κ2) is 8.35. The summed E-state index contributed by atoms with van der Waals surface area (Å²) in [5.41, 5.74) is 6.41. The van der Waals surface area contributed by atoms with Gasteiger partial charge in [-0.1, -0.05) is 48.5 Å². The molecule has 0 unspecified atom stereocenters. The average Bonchev–Trinajstić information content (AvgIpc) is 2.76. The number of rotatable bonds is 6. The Morgan fingerprint density at radius 2 is 1.39 bits per heavy atom. The normalized spacial score (nSPS) is 10.5. The highest BCUT2D eigenvalue weighted by atomic mass is 15.0. The Bertz CT molecular complexity index is 1040. The van der Waals surface area contributed by atoms with Crippen LogP contribution in [0.5, 0.6) is 0 Å². The largest absolute Gasteiger partial charge is 0.385 e. The molecule has 0 aliphatic carbocycles. The second-order valence-electron chi connectivity index (χ2n) is 6.47. The molecule has 0 aliphatic rings. The van der Waals surface area contributed by atoms with E-state index in [0.717, 1.165) is 35.0 Å². The number of hydrogen-bond acceptors (Lipinski definition) is 4. The van der Waals surface area contributed by atoms with E-state index in [1.165, 1.54) is 11.1 Å². The van der Waals surface area contributed by atoms with Gasteiger partial charge in [-0.3, -0.25) is 0 Å². The van der Waals surface area contributed by atoms with E-state index in [1.807, 2.05) is 24.3 Å². The van der Waals surface area contributed by atoms with Crippen LogP contribution < -0.4 is 10.6 Å². The molecule has 0 aliphatic heterocycles. The van der Waals surface area contributed by atoms with Crippen molar-refractivity contribution in [3.63, 3.8) is 0 Å². The lowest BCUT2D eigenvalue weighted by Crippen LogP contribution is -1.98. The lowest BCUT2D eigenvalue weighted by Gasteiger charge is -2.09. The maximum absolute atomic E-state index is 4.46. The summed E-state index contributed by atoms with van der Waals surface area (Å²) in [7, 11) is 0. The Kier molecular flexibility index (Phi) is 5.29. The van der Waals surface area contributed by atoms with Gasteiger partial charge in [0.05, 0.1) is 5.69 Å². The molecule has 2 N–H and O–H groups in total. The summed E-state index contributed by atoms with van der Waals surface area (Å²) in [5.74, 6) is 0.770. The fraction of sp³-hybridized carbons (Fsp3) is 0.0833. The summed E-state index contributed by atoms with van der Waals surface area (Å²) in [4.78, 5) is 8.83. The minimum absolute atomic E-state index is 0.770. The molecular formula is C24H22N4. The van der Waals surface area contributed by atoms with Crippen LogP contribution in [0, 0.1) is 0 Å². The van der Waals surface area contributed by atoms with Gasteiger partial charge in [-0.2, -0.15) is 0 Å². The smallest absolute Gasteiger partial charge is 0.134 e. The molecule has 4 rings (SSSR count). The van der Waals surface area contributed by atoms with Crippen LogP contribution in [0.2, 0.25) is 0 Å². The van der Waals surface area contributed by atoms with Crippen molar-refractivity contribution in [2.75, 3.05) is 17.2 Å². The standard InChI is InChI=1S/C24H22N4/c1-2-25-21-11-13-22(14-12-21)28-24-16-23(26-17-27-24)20-10-6-9-19(15-20)18-7-4-3-5-8-18/h3-17,25H,2H2,1H3,(H,26,27,28). The monoisotopic (exact) mass is 366 g/mol. The fourth-order valence-corrected chi connectivity index (χ4v) is 3.10. The van der Waals surface area contributed by atoms with Gasteiger partial charge in [0.2, 0.25) is 0 Å². The summed E-state index contributed by atoms with van der Waals surface area (Å²) in [6, 6.07) is 28.9. The Morgan fingerprint density at radius 3 is 2.18 bits per heavy atom. The highest BCUT2D eigenvalue weighted by molar-refractivity contribution is 5.73. The van der Waals surface area contributed by atoms with E-state index in [4.69, 9.17) is 0 Å². The minimum Gasteiger partial charge on any atom is -0.385 e. The number of nitrogens with one attached hydrogen (secondary N) is 2. The maximum atomic E-state index is 4.46. The van der Waals surface area contributed by atoms with Crippen molar-refractivity contribution in [3.05, 3.63) is 91.3 Å². The first-order valence-electron chi connectivity index (χ1n) is 9.41. The van der Waals surface area contributed by atoms with Gasteiger partial charge in [-0.15, -0.1) is 0 Å². The summed E-state index contributed by atoms with van der Waals surface area (Å²) in [6.45, 7) is 2.99. The van der Waals surface area contributed by atoms with Gasteiger partial charge in [0.15, 0.2) is 0 Å². The van der Waals surface area contributed by atoms with E-state index in [9.17, 15) is 0 Å². The zero-order valence-electron chi connectivity index (χ0n) is 15.8. The number of aromatic nitrogens is 2. The SMILES string of the molecule is CCNc1ccc(Nc2cc(-c3cccc(-c4ccccc4)c3)ncn2)cc1. The predicted molar refractivity (Wildman–Crippen MR) is 117 cm³/mol. The van der Waals surface area contributed by atoms with Gasteiger partial charge in [-0.25, -0.2) is 9.97 Å². The summed E-state index contributed by atoms with van der Waals surface area (Å²) in [6.07, 6.45) is 1.60. The third-order valence-electron chi connectivity index (χ3n) is 4.47. The molecule has 1 heterocycles.